The number of allylic oxidation sites excluding steroid dienone is 14. The molecule has 0 saturated carbocycles. The van der Waals surface area contributed by atoms with Crippen molar-refractivity contribution in [2.45, 2.75) is 284 Å². The topological polar surface area (TPSA) is 61.8 Å². The van der Waals surface area contributed by atoms with E-state index in [0.717, 1.165) is 89.9 Å². The highest BCUT2D eigenvalue weighted by Gasteiger charge is 2.17. The molecule has 0 aliphatic carbocycles. The van der Waals surface area contributed by atoms with E-state index >= 15 is 0 Å². The monoisotopic (exact) mass is 947 g/mol. The van der Waals surface area contributed by atoms with E-state index in [4.69, 9.17) is 14.2 Å². The van der Waals surface area contributed by atoms with Gasteiger partial charge in [-0.15, -0.1) is 0 Å². The van der Waals surface area contributed by atoms with Crippen LogP contribution in [0, 0.1) is 0 Å². The zero-order valence-electron chi connectivity index (χ0n) is 45.1. The van der Waals surface area contributed by atoms with Crippen LogP contribution in [-0.2, 0) is 23.8 Å². The van der Waals surface area contributed by atoms with Gasteiger partial charge in [0.25, 0.3) is 0 Å². The maximum Gasteiger partial charge on any atom is 0.306 e. The Balaban J connectivity index is 4.34. The number of carbonyl (C=O) groups is 2. The first-order valence-electron chi connectivity index (χ1n) is 29.1. The first-order valence-corrected chi connectivity index (χ1v) is 29.1. The van der Waals surface area contributed by atoms with Crippen LogP contribution >= 0.6 is 0 Å². The molecule has 1 atom stereocenters. The zero-order valence-corrected chi connectivity index (χ0v) is 45.1. The molecule has 0 fully saturated rings. The van der Waals surface area contributed by atoms with Crippen molar-refractivity contribution in [1.29, 1.82) is 0 Å². The van der Waals surface area contributed by atoms with Crippen LogP contribution < -0.4 is 0 Å². The van der Waals surface area contributed by atoms with E-state index in [2.05, 4.69) is 106 Å². The lowest BCUT2D eigenvalue weighted by Gasteiger charge is -2.18. The van der Waals surface area contributed by atoms with Crippen LogP contribution in [0.3, 0.4) is 0 Å². The van der Waals surface area contributed by atoms with Crippen molar-refractivity contribution in [3.63, 3.8) is 0 Å². The van der Waals surface area contributed by atoms with E-state index in [1.54, 1.807) is 0 Å². The van der Waals surface area contributed by atoms with Crippen LogP contribution in [0.1, 0.15) is 278 Å². The van der Waals surface area contributed by atoms with Gasteiger partial charge in [-0.05, 0) is 96.3 Å². The quantitative estimate of drug-likeness (QED) is 0.0345. The Morgan fingerprint density at radius 2 is 0.662 bits per heavy atom. The zero-order chi connectivity index (χ0) is 49.2. The fourth-order valence-corrected chi connectivity index (χ4v) is 8.10. The molecule has 0 radical (unpaired) electrons. The second-order valence-corrected chi connectivity index (χ2v) is 19.2. The van der Waals surface area contributed by atoms with Gasteiger partial charge in [0.2, 0.25) is 0 Å². The third-order valence-corrected chi connectivity index (χ3v) is 12.4. The summed E-state index contributed by atoms with van der Waals surface area (Å²) in [6.07, 6.45) is 77.4. The van der Waals surface area contributed by atoms with Crippen molar-refractivity contribution in [3.8, 4) is 0 Å². The molecule has 0 heterocycles. The standard InChI is InChI=1S/C63H110O5/c1-4-7-10-13-16-19-22-25-28-31-32-34-35-38-41-44-47-50-53-56-62(64)67-60-61(59-66-58-55-52-49-46-43-40-37-30-27-24-21-18-15-12-9-6-3)68-63(65)57-54-51-48-45-42-39-36-33-29-26-23-20-17-14-11-8-5-2/h7,10,16,18-19,21,25,27-28,30,32,34,38,41,61H,4-6,8-9,11-15,17,20,22-24,26,29,31,33,35-37,39-40,42-60H2,1-3H3/b10-7-,19-16-,21-18-,28-25-,30-27-,34-32-,41-38-. The largest absolute Gasteiger partial charge is 0.462 e. The molecule has 0 spiro atoms. The SMILES string of the molecule is CC/C=C\C/C=C\C/C=C\C/C=C\C/C=C\CCCCCC(=O)OCC(COCCCCCCCC/C=C\C/C=C\CCCCC)OC(=O)CCCCCCCCCCCCCCCCCCC. The highest BCUT2D eigenvalue weighted by Crippen LogP contribution is 2.16. The molecule has 1 unspecified atom stereocenters. The minimum Gasteiger partial charge on any atom is -0.462 e. The first kappa shape index (κ1) is 65.1. The van der Waals surface area contributed by atoms with E-state index < -0.39 is 6.10 Å². The van der Waals surface area contributed by atoms with E-state index in [1.165, 1.54) is 154 Å². The van der Waals surface area contributed by atoms with Gasteiger partial charge in [-0.2, -0.15) is 0 Å². The summed E-state index contributed by atoms with van der Waals surface area (Å²) in [6.45, 7) is 7.66. The molecule has 68 heavy (non-hydrogen) atoms. The molecule has 0 aliphatic heterocycles. The van der Waals surface area contributed by atoms with Gasteiger partial charge in [-0.1, -0.05) is 254 Å². The second kappa shape index (κ2) is 58.4. The number of rotatable bonds is 53. The van der Waals surface area contributed by atoms with Crippen molar-refractivity contribution in [1.82, 2.24) is 0 Å². The summed E-state index contributed by atoms with van der Waals surface area (Å²) >= 11 is 0. The molecule has 0 N–H and O–H groups in total. The molecule has 0 aliphatic rings. The molecular weight excluding hydrogens is 837 g/mol. The van der Waals surface area contributed by atoms with Gasteiger partial charge in [-0.3, -0.25) is 9.59 Å². The smallest absolute Gasteiger partial charge is 0.306 e. The minimum absolute atomic E-state index is 0.0628. The van der Waals surface area contributed by atoms with E-state index in [-0.39, 0.29) is 25.2 Å². The van der Waals surface area contributed by atoms with Crippen LogP contribution in [0.15, 0.2) is 85.1 Å². The summed E-state index contributed by atoms with van der Waals surface area (Å²) in [6, 6.07) is 0. The molecule has 0 aromatic heterocycles. The molecule has 0 amide bonds. The average molecular weight is 948 g/mol. The average Bonchev–Trinajstić information content (AvgIpc) is 3.34. The Kier molecular flexibility index (Phi) is 55.9. The van der Waals surface area contributed by atoms with Crippen molar-refractivity contribution in [2.75, 3.05) is 19.8 Å². The Morgan fingerprint density at radius 1 is 0.338 bits per heavy atom. The first-order chi connectivity index (χ1) is 33.6. The molecule has 0 bridgehead atoms. The Bertz CT molecular complexity index is 1250. The van der Waals surface area contributed by atoms with Gasteiger partial charge < -0.3 is 14.2 Å². The number of hydrogen-bond donors (Lipinski definition) is 0. The van der Waals surface area contributed by atoms with Crippen molar-refractivity contribution in [3.05, 3.63) is 85.1 Å². The van der Waals surface area contributed by atoms with Crippen LogP contribution in [0.2, 0.25) is 0 Å². The summed E-state index contributed by atoms with van der Waals surface area (Å²) < 4.78 is 17.5. The third-order valence-electron chi connectivity index (χ3n) is 12.4. The summed E-state index contributed by atoms with van der Waals surface area (Å²) in [5, 5.41) is 0. The van der Waals surface area contributed by atoms with Crippen LogP contribution in [0.5, 0.6) is 0 Å². The minimum atomic E-state index is -0.558. The molecule has 5 nitrogen and oxygen atoms in total. The van der Waals surface area contributed by atoms with Crippen molar-refractivity contribution < 1.29 is 23.8 Å². The lowest BCUT2D eigenvalue weighted by Crippen LogP contribution is -2.30. The predicted octanol–water partition coefficient (Wildman–Crippen LogP) is 20.0. The summed E-state index contributed by atoms with van der Waals surface area (Å²) in [5.41, 5.74) is 0. The van der Waals surface area contributed by atoms with Gasteiger partial charge in [0.1, 0.15) is 6.61 Å². The van der Waals surface area contributed by atoms with Crippen molar-refractivity contribution in [2.24, 2.45) is 0 Å². The summed E-state index contributed by atoms with van der Waals surface area (Å²) in [7, 11) is 0. The third kappa shape index (κ3) is 55.7. The number of carbonyl (C=O) groups excluding carboxylic acids is 2. The highest BCUT2D eigenvalue weighted by molar-refractivity contribution is 5.70. The van der Waals surface area contributed by atoms with Gasteiger partial charge in [0.15, 0.2) is 6.10 Å². The molecule has 392 valence electrons. The maximum absolute atomic E-state index is 12.9. The molecule has 0 saturated heterocycles. The maximum atomic E-state index is 12.9. The lowest BCUT2D eigenvalue weighted by molar-refractivity contribution is -0.163. The predicted molar refractivity (Wildman–Crippen MR) is 297 cm³/mol. The molecule has 0 rings (SSSR count). The van der Waals surface area contributed by atoms with Crippen LogP contribution in [-0.4, -0.2) is 37.9 Å². The number of esters is 2. The van der Waals surface area contributed by atoms with Crippen LogP contribution in [0.4, 0.5) is 0 Å². The molecule has 0 aromatic rings. The highest BCUT2D eigenvalue weighted by atomic mass is 16.6. The fourth-order valence-electron chi connectivity index (χ4n) is 8.10. The van der Waals surface area contributed by atoms with Gasteiger partial charge in [-0.25, -0.2) is 0 Å². The normalized spacial score (nSPS) is 12.8. The summed E-state index contributed by atoms with van der Waals surface area (Å²) in [4.78, 5) is 25.5. The Labute approximate surface area is 422 Å². The molecule has 5 heteroatoms. The number of ether oxygens (including phenoxy) is 3. The van der Waals surface area contributed by atoms with Crippen LogP contribution in [0.25, 0.3) is 0 Å². The van der Waals surface area contributed by atoms with Gasteiger partial charge in [0, 0.05) is 19.4 Å². The molecule has 0 aromatic carbocycles. The Hall–Kier alpha value is -2.92. The number of hydrogen-bond acceptors (Lipinski definition) is 5. The second-order valence-electron chi connectivity index (χ2n) is 19.2. The van der Waals surface area contributed by atoms with E-state index in [0.29, 0.717) is 19.4 Å². The lowest BCUT2D eigenvalue weighted by atomic mass is 10.0. The molecular formula is C63H110O5. The van der Waals surface area contributed by atoms with Crippen molar-refractivity contribution >= 4 is 11.9 Å². The number of unbranched alkanes of at least 4 members (excludes halogenated alkanes) is 28. The fraction of sp³-hybridized carbons (Fsp3) is 0.746. The van der Waals surface area contributed by atoms with Gasteiger partial charge in [0.05, 0.1) is 6.61 Å². The van der Waals surface area contributed by atoms with E-state index in [9.17, 15) is 9.59 Å². The van der Waals surface area contributed by atoms with Gasteiger partial charge >= 0.3 is 11.9 Å². The van der Waals surface area contributed by atoms with E-state index in [1.807, 2.05) is 0 Å². The Morgan fingerprint density at radius 3 is 1.10 bits per heavy atom. The summed E-state index contributed by atoms with van der Waals surface area (Å²) in [5.74, 6) is -0.432.